The number of esters is 1. The maximum atomic E-state index is 12.5. The van der Waals surface area contributed by atoms with E-state index >= 15 is 0 Å². The van der Waals surface area contributed by atoms with Crippen LogP contribution in [0.3, 0.4) is 0 Å². The summed E-state index contributed by atoms with van der Waals surface area (Å²) in [5, 5.41) is 33.5. The third kappa shape index (κ3) is 5.13. The van der Waals surface area contributed by atoms with Crippen LogP contribution < -0.4 is 0 Å². The van der Waals surface area contributed by atoms with Gasteiger partial charge in [-0.05, 0) is 97.7 Å². The number of aliphatic hydroxyl groups excluding tert-OH is 3. The predicted molar refractivity (Wildman–Crippen MR) is 141 cm³/mol. The fourth-order valence-electron chi connectivity index (χ4n) is 9.86. The van der Waals surface area contributed by atoms with Gasteiger partial charge in [-0.3, -0.25) is 9.69 Å². The van der Waals surface area contributed by atoms with Crippen molar-refractivity contribution in [3.8, 4) is 0 Å². The van der Waals surface area contributed by atoms with Crippen LogP contribution in [0.4, 0.5) is 0 Å². The van der Waals surface area contributed by atoms with Gasteiger partial charge in [0, 0.05) is 26.1 Å². The van der Waals surface area contributed by atoms with Gasteiger partial charge in [-0.2, -0.15) is 0 Å². The maximum Gasteiger partial charge on any atom is 0.305 e. The third-order valence-electron chi connectivity index (χ3n) is 12.1. The smallest absolute Gasteiger partial charge is 0.305 e. The van der Waals surface area contributed by atoms with E-state index in [-0.39, 0.29) is 41.0 Å². The minimum atomic E-state index is -0.385. The molecule has 7 heteroatoms. The first-order valence-electron chi connectivity index (χ1n) is 15.1. The number of nitrogens with zero attached hydrogens (tertiary/aromatic N) is 1. The molecule has 37 heavy (non-hydrogen) atoms. The Labute approximate surface area is 223 Å². The second kappa shape index (κ2) is 11.0. The van der Waals surface area contributed by atoms with E-state index in [0.29, 0.717) is 42.6 Å². The average molecular weight is 522 g/mol. The Bertz CT molecular complexity index is 803. The van der Waals surface area contributed by atoms with Crippen molar-refractivity contribution in [2.45, 2.75) is 96.9 Å². The minimum absolute atomic E-state index is 0.0973. The van der Waals surface area contributed by atoms with Crippen LogP contribution in [0.15, 0.2) is 0 Å². The van der Waals surface area contributed by atoms with Crippen LogP contribution in [0.1, 0.15) is 78.6 Å². The lowest BCUT2D eigenvalue weighted by atomic mass is 9.43. The molecule has 0 amide bonds. The van der Waals surface area contributed by atoms with Crippen molar-refractivity contribution in [1.29, 1.82) is 0 Å². The first kappa shape index (κ1) is 27.8. The van der Waals surface area contributed by atoms with Gasteiger partial charge < -0.3 is 24.8 Å². The summed E-state index contributed by atoms with van der Waals surface area (Å²) in [5.74, 6) is 1.75. The molecule has 5 aliphatic rings. The molecule has 0 aromatic rings. The number of hydrogen-bond acceptors (Lipinski definition) is 7. The van der Waals surface area contributed by atoms with E-state index in [2.05, 4.69) is 25.7 Å². The topological polar surface area (TPSA) is 99.5 Å². The number of morpholine rings is 1. The lowest BCUT2D eigenvalue weighted by Gasteiger charge is -2.63. The second-order valence-corrected chi connectivity index (χ2v) is 13.7. The lowest BCUT2D eigenvalue weighted by Crippen LogP contribution is -2.62. The molecule has 0 aromatic heterocycles. The van der Waals surface area contributed by atoms with Crippen LogP contribution in [0.5, 0.6) is 0 Å². The van der Waals surface area contributed by atoms with Gasteiger partial charge in [-0.25, -0.2) is 0 Å². The number of rotatable bonds is 7. The summed E-state index contributed by atoms with van der Waals surface area (Å²) in [6.45, 7) is 11.4. The fourth-order valence-corrected chi connectivity index (χ4v) is 9.86. The molecule has 4 saturated carbocycles. The van der Waals surface area contributed by atoms with Crippen molar-refractivity contribution in [3.63, 3.8) is 0 Å². The van der Waals surface area contributed by atoms with Crippen LogP contribution >= 0.6 is 0 Å². The van der Waals surface area contributed by atoms with Crippen molar-refractivity contribution >= 4 is 5.97 Å². The maximum absolute atomic E-state index is 12.5. The van der Waals surface area contributed by atoms with Gasteiger partial charge in [-0.1, -0.05) is 20.8 Å². The molecule has 11 unspecified atom stereocenters. The Kier molecular flexibility index (Phi) is 8.30. The van der Waals surface area contributed by atoms with Crippen LogP contribution in [0.2, 0.25) is 0 Å². The average Bonchev–Trinajstić information content (AvgIpc) is 3.23. The summed E-state index contributed by atoms with van der Waals surface area (Å²) < 4.78 is 10.9. The van der Waals surface area contributed by atoms with Gasteiger partial charge in [-0.15, -0.1) is 0 Å². The Morgan fingerprint density at radius 3 is 2.57 bits per heavy atom. The largest absolute Gasteiger partial charge is 0.464 e. The molecular weight excluding hydrogens is 470 g/mol. The molecule has 1 aliphatic heterocycles. The summed E-state index contributed by atoms with van der Waals surface area (Å²) in [6, 6.07) is 0. The van der Waals surface area contributed by atoms with E-state index in [0.717, 1.165) is 84.2 Å². The summed E-state index contributed by atoms with van der Waals surface area (Å²) in [6.07, 6.45) is 6.50. The summed E-state index contributed by atoms with van der Waals surface area (Å²) in [7, 11) is 0. The normalized spacial score (nSPS) is 47.0. The number of carbonyl (C=O) groups is 1. The van der Waals surface area contributed by atoms with E-state index in [1.165, 1.54) is 0 Å². The highest BCUT2D eigenvalue weighted by atomic mass is 16.5. The van der Waals surface area contributed by atoms with Gasteiger partial charge in [0.1, 0.15) is 6.61 Å². The number of hydrogen-bond donors (Lipinski definition) is 3. The number of ether oxygens (including phenoxy) is 2. The number of aliphatic hydroxyl groups is 3. The standard InChI is InChI=1S/C30H51NO6/c1-19(4-7-27(35)37-15-12-31-10-13-36-14-11-31)22-5-6-23-28-24(18-26(34)30(22,23)3)29(2)9-8-21(32)16-20(29)17-25(28)33/h19-26,28,32-34H,4-18H2,1-3H3. The van der Waals surface area contributed by atoms with Crippen molar-refractivity contribution in [2.75, 3.05) is 39.5 Å². The quantitative estimate of drug-likeness (QED) is 0.442. The molecule has 1 saturated heterocycles. The van der Waals surface area contributed by atoms with E-state index in [1.54, 1.807) is 0 Å². The van der Waals surface area contributed by atoms with Gasteiger partial charge in [0.25, 0.3) is 0 Å². The Balaban J connectivity index is 1.19. The van der Waals surface area contributed by atoms with Gasteiger partial charge in [0.05, 0.1) is 31.5 Å². The third-order valence-corrected chi connectivity index (χ3v) is 12.1. The second-order valence-electron chi connectivity index (χ2n) is 13.7. The lowest BCUT2D eigenvalue weighted by molar-refractivity contribution is -0.207. The molecule has 0 radical (unpaired) electrons. The van der Waals surface area contributed by atoms with Crippen molar-refractivity contribution in [2.24, 2.45) is 46.3 Å². The zero-order chi connectivity index (χ0) is 26.4. The number of fused-ring (bicyclic) bond motifs is 5. The van der Waals surface area contributed by atoms with E-state index in [1.807, 2.05) is 0 Å². The molecule has 7 nitrogen and oxygen atoms in total. The molecule has 212 valence electrons. The molecule has 11 atom stereocenters. The zero-order valence-corrected chi connectivity index (χ0v) is 23.3. The van der Waals surface area contributed by atoms with Crippen molar-refractivity contribution < 1.29 is 29.6 Å². The van der Waals surface area contributed by atoms with Gasteiger partial charge in [0.15, 0.2) is 0 Å². The first-order valence-corrected chi connectivity index (χ1v) is 15.1. The van der Waals surface area contributed by atoms with Crippen LogP contribution in [0.25, 0.3) is 0 Å². The monoisotopic (exact) mass is 521 g/mol. The predicted octanol–water partition coefficient (Wildman–Crippen LogP) is 3.24. The van der Waals surface area contributed by atoms with Crippen LogP contribution in [-0.4, -0.2) is 84.0 Å². The minimum Gasteiger partial charge on any atom is -0.464 e. The molecule has 0 bridgehead atoms. The molecule has 5 rings (SSSR count). The zero-order valence-electron chi connectivity index (χ0n) is 23.3. The van der Waals surface area contributed by atoms with Crippen LogP contribution in [-0.2, 0) is 14.3 Å². The summed E-state index contributed by atoms with van der Waals surface area (Å²) in [5.41, 5.74) is -0.126. The van der Waals surface area contributed by atoms with E-state index < -0.39 is 0 Å². The van der Waals surface area contributed by atoms with Gasteiger partial charge in [0.2, 0.25) is 0 Å². The van der Waals surface area contributed by atoms with Crippen molar-refractivity contribution in [1.82, 2.24) is 4.90 Å². The van der Waals surface area contributed by atoms with Crippen molar-refractivity contribution in [3.05, 3.63) is 0 Å². The highest BCUT2D eigenvalue weighted by Crippen LogP contribution is 2.68. The Morgan fingerprint density at radius 1 is 1.05 bits per heavy atom. The number of carbonyl (C=O) groups excluding carboxylic acids is 1. The van der Waals surface area contributed by atoms with Gasteiger partial charge >= 0.3 is 5.97 Å². The Morgan fingerprint density at radius 2 is 1.81 bits per heavy atom. The fraction of sp³-hybridized carbons (Fsp3) is 0.967. The molecule has 0 aromatic carbocycles. The highest BCUT2D eigenvalue weighted by Gasteiger charge is 2.65. The summed E-state index contributed by atoms with van der Waals surface area (Å²) >= 11 is 0. The molecule has 3 N–H and O–H groups in total. The molecule has 0 spiro atoms. The SMILES string of the molecule is CC(CCC(=O)OCCN1CCOCC1)C1CCC2C3C(O)CC4CC(O)CCC4(C)C3CC(O)C12C. The van der Waals surface area contributed by atoms with E-state index in [9.17, 15) is 20.1 Å². The first-order chi connectivity index (χ1) is 17.6. The summed E-state index contributed by atoms with van der Waals surface area (Å²) in [4.78, 5) is 14.8. The molecular formula is C30H51NO6. The van der Waals surface area contributed by atoms with E-state index in [4.69, 9.17) is 9.47 Å². The molecule has 4 aliphatic carbocycles. The molecule has 5 fully saturated rings. The molecule has 1 heterocycles. The highest BCUT2D eigenvalue weighted by molar-refractivity contribution is 5.69. The van der Waals surface area contributed by atoms with Crippen LogP contribution in [0, 0.1) is 46.3 Å². The Hall–Kier alpha value is -0.730.